The first-order chi connectivity index (χ1) is 14.8. The second kappa shape index (κ2) is 9.80. The summed E-state index contributed by atoms with van der Waals surface area (Å²) < 4.78 is 22.4. The van der Waals surface area contributed by atoms with E-state index in [0.717, 1.165) is 4.90 Å². The molecule has 31 heavy (non-hydrogen) atoms. The third-order valence-electron chi connectivity index (χ3n) is 5.00. The Kier molecular flexibility index (Phi) is 7.34. The van der Waals surface area contributed by atoms with Gasteiger partial charge in [-0.15, -0.1) is 11.8 Å². The maximum atomic E-state index is 13.2. The van der Waals surface area contributed by atoms with E-state index in [1.165, 1.54) is 32.7 Å². The highest BCUT2D eigenvalue weighted by atomic mass is 32.2. The number of thioether (sulfide) groups is 1. The standard InChI is InChI=1S/C21H25NO8S/c1-5-31-21-16(22-19(25)13-8-6-7-9-14(13)20(22)26)18(29-12(3)24)17(28-11(2)23)15(30-21)10-27-4/h6-9,15-18,21H,5,10H2,1-4H3/t15?,16-,17-,18+,21?/m0/s1. The zero-order chi connectivity index (χ0) is 22.7. The molecule has 168 valence electrons. The van der Waals surface area contributed by atoms with Crippen molar-refractivity contribution in [2.45, 2.75) is 50.6 Å². The number of amides is 2. The van der Waals surface area contributed by atoms with Gasteiger partial charge in [-0.2, -0.15) is 0 Å². The van der Waals surface area contributed by atoms with E-state index < -0.39 is 53.5 Å². The molecular weight excluding hydrogens is 426 g/mol. The maximum absolute atomic E-state index is 13.2. The molecule has 3 rings (SSSR count). The molecular formula is C21H25NO8S. The summed E-state index contributed by atoms with van der Waals surface area (Å²) in [7, 11) is 1.47. The Morgan fingerprint density at radius 3 is 2.06 bits per heavy atom. The minimum Gasteiger partial charge on any atom is -0.456 e. The van der Waals surface area contributed by atoms with Crippen molar-refractivity contribution in [2.75, 3.05) is 19.5 Å². The number of hydrogen-bond donors (Lipinski definition) is 0. The number of carbonyl (C=O) groups excluding carboxylic acids is 4. The van der Waals surface area contributed by atoms with Gasteiger partial charge in [0.1, 0.15) is 17.6 Å². The normalized spacial score (nSPS) is 27.7. The highest BCUT2D eigenvalue weighted by molar-refractivity contribution is 7.99. The van der Waals surface area contributed by atoms with E-state index in [1.807, 2.05) is 6.92 Å². The van der Waals surface area contributed by atoms with Gasteiger partial charge in [-0.05, 0) is 17.9 Å². The van der Waals surface area contributed by atoms with Crippen molar-refractivity contribution >= 4 is 35.5 Å². The fourth-order valence-electron chi connectivity index (χ4n) is 3.90. The Balaban J connectivity index is 2.08. The number of fused-ring (bicyclic) bond motifs is 1. The maximum Gasteiger partial charge on any atom is 0.303 e. The van der Waals surface area contributed by atoms with Crippen LogP contribution >= 0.6 is 11.8 Å². The van der Waals surface area contributed by atoms with E-state index in [-0.39, 0.29) is 17.7 Å². The average Bonchev–Trinajstić information content (AvgIpc) is 2.96. The first-order valence-corrected chi connectivity index (χ1v) is 10.9. The quantitative estimate of drug-likeness (QED) is 0.451. The van der Waals surface area contributed by atoms with E-state index in [0.29, 0.717) is 5.75 Å². The second-order valence-corrected chi connectivity index (χ2v) is 8.49. The fourth-order valence-corrected chi connectivity index (χ4v) is 4.93. The van der Waals surface area contributed by atoms with Crippen LogP contribution in [0.4, 0.5) is 0 Å². The van der Waals surface area contributed by atoms with Crippen LogP contribution in [0.25, 0.3) is 0 Å². The van der Waals surface area contributed by atoms with Gasteiger partial charge >= 0.3 is 11.9 Å². The molecule has 10 heteroatoms. The topological polar surface area (TPSA) is 108 Å². The monoisotopic (exact) mass is 451 g/mol. The van der Waals surface area contributed by atoms with Crippen LogP contribution in [0.15, 0.2) is 24.3 Å². The molecule has 0 aromatic heterocycles. The largest absolute Gasteiger partial charge is 0.456 e. The number of rotatable bonds is 7. The summed E-state index contributed by atoms with van der Waals surface area (Å²) in [5.74, 6) is -1.68. The molecule has 2 aliphatic heterocycles. The zero-order valence-electron chi connectivity index (χ0n) is 17.7. The van der Waals surface area contributed by atoms with Gasteiger partial charge in [0, 0.05) is 21.0 Å². The molecule has 0 saturated carbocycles. The lowest BCUT2D eigenvalue weighted by atomic mass is 9.96. The van der Waals surface area contributed by atoms with Gasteiger partial charge in [-0.1, -0.05) is 19.1 Å². The first-order valence-electron chi connectivity index (χ1n) is 9.87. The number of carbonyl (C=O) groups is 4. The van der Waals surface area contributed by atoms with Crippen molar-refractivity contribution in [3.05, 3.63) is 35.4 Å². The number of hydrogen-bond acceptors (Lipinski definition) is 9. The Hall–Kier alpha value is -2.43. The third-order valence-corrected chi connectivity index (χ3v) is 6.06. The third kappa shape index (κ3) is 4.60. The van der Waals surface area contributed by atoms with Crippen LogP contribution in [-0.4, -0.2) is 77.9 Å². The summed E-state index contributed by atoms with van der Waals surface area (Å²) in [6.45, 7) is 4.40. The zero-order valence-corrected chi connectivity index (χ0v) is 18.5. The number of ether oxygens (including phenoxy) is 4. The van der Waals surface area contributed by atoms with Gasteiger partial charge in [-0.25, -0.2) is 0 Å². The lowest BCUT2D eigenvalue weighted by molar-refractivity contribution is -0.215. The van der Waals surface area contributed by atoms with Crippen LogP contribution in [-0.2, 0) is 28.5 Å². The van der Waals surface area contributed by atoms with E-state index in [2.05, 4.69) is 0 Å². The van der Waals surface area contributed by atoms with Crippen LogP contribution in [0.3, 0.4) is 0 Å². The van der Waals surface area contributed by atoms with Crippen molar-refractivity contribution < 1.29 is 38.1 Å². The molecule has 0 radical (unpaired) electrons. The molecule has 5 atom stereocenters. The number of benzene rings is 1. The summed E-state index contributed by atoms with van der Waals surface area (Å²) >= 11 is 1.36. The Labute approximate surface area is 184 Å². The van der Waals surface area contributed by atoms with Crippen molar-refractivity contribution in [1.82, 2.24) is 4.90 Å². The molecule has 2 unspecified atom stereocenters. The molecule has 0 aliphatic carbocycles. The molecule has 1 aromatic rings. The van der Waals surface area contributed by atoms with Crippen LogP contribution in [0, 0.1) is 0 Å². The second-order valence-electron chi connectivity index (χ2n) is 7.12. The first kappa shape index (κ1) is 23.2. The van der Waals surface area contributed by atoms with Crippen LogP contribution in [0.5, 0.6) is 0 Å². The predicted molar refractivity (Wildman–Crippen MR) is 111 cm³/mol. The smallest absolute Gasteiger partial charge is 0.303 e. The van der Waals surface area contributed by atoms with E-state index in [9.17, 15) is 19.2 Å². The van der Waals surface area contributed by atoms with Gasteiger partial charge < -0.3 is 18.9 Å². The molecule has 0 bridgehead atoms. The van der Waals surface area contributed by atoms with Gasteiger partial charge in [0.05, 0.1) is 17.7 Å². The molecule has 2 aliphatic rings. The van der Waals surface area contributed by atoms with Crippen molar-refractivity contribution in [2.24, 2.45) is 0 Å². The minimum absolute atomic E-state index is 0.0608. The lowest BCUT2D eigenvalue weighted by Crippen LogP contribution is -2.66. The van der Waals surface area contributed by atoms with Gasteiger partial charge in [0.15, 0.2) is 12.2 Å². The summed E-state index contributed by atoms with van der Waals surface area (Å²) in [4.78, 5) is 51.3. The summed E-state index contributed by atoms with van der Waals surface area (Å²) in [6, 6.07) is 5.48. The highest BCUT2D eigenvalue weighted by Crippen LogP contribution is 2.38. The van der Waals surface area contributed by atoms with Gasteiger partial charge in [0.25, 0.3) is 11.8 Å². The van der Waals surface area contributed by atoms with E-state index in [4.69, 9.17) is 18.9 Å². The number of esters is 2. The summed E-state index contributed by atoms with van der Waals surface area (Å²) in [5, 5.41) is 0. The molecule has 0 spiro atoms. The molecule has 1 fully saturated rings. The number of imide groups is 1. The number of methoxy groups -OCH3 is 1. The van der Waals surface area contributed by atoms with Crippen molar-refractivity contribution in [1.29, 1.82) is 0 Å². The molecule has 1 saturated heterocycles. The van der Waals surface area contributed by atoms with Gasteiger partial charge in [0.2, 0.25) is 0 Å². The lowest BCUT2D eigenvalue weighted by Gasteiger charge is -2.47. The molecule has 0 N–H and O–H groups in total. The Bertz CT molecular complexity index is 840. The molecule has 1 aromatic carbocycles. The Morgan fingerprint density at radius 1 is 1.03 bits per heavy atom. The van der Waals surface area contributed by atoms with Gasteiger partial charge in [-0.3, -0.25) is 24.1 Å². The molecule has 2 heterocycles. The van der Waals surface area contributed by atoms with Crippen LogP contribution in [0.2, 0.25) is 0 Å². The summed E-state index contributed by atoms with van der Waals surface area (Å²) in [6.07, 6.45) is -2.94. The van der Waals surface area contributed by atoms with Crippen LogP contribution < -0.4 is 0 Å². The van der Waals surface area contributed by atoms with Crippen molar-refractivity contribution in [3.63, 3.8) is 0 Å². The predicted octanol–water partition coefficient (Wildman–Crippen LogP) is 1.64. The fraction of sp³-hybridized carbons (Fsp3) is 0.524. The average molecular weight is 451 g/mol. The van der Waals surface area contributed by atoms with E-state index >= 15 is 0 Å². The van der Waals surface area contributed by atoms with Crippen molar-refractivity contribution in [3.8, 4) is 0 Å². The molecule has 2 amide bonds. The summed E-state index contributed by atoms with van der Waals surface area (Å²) in [5.41, 5.74) is -0.196. The van der Waals surface area contributed by atoms with Crippen LogP contribution in [0.1, 0.15) is 41.5 Å². The number of nitrogens with zero attached hydrogens (tertiary/aromatic N) is 1. The van der Waals surface area contributed by atoms with E-state index in [1.54, 1.807) is 24.3 Å². The minimum atomic E-state index is -1.12. The Morgan fingerprint density at radius 2 is 1.58 bits per heavy atom. The highest BCUT2D eigenvalue weighted by Gasteiger charge is 2.56. The molecule has 9 nitrogen and oxygen atoms in total. The SMILES string of the molecule is CCSC1OC(COC)[C@H](OC(C)=O)[C@H](OC(C)=O)[C@@H]1N1C(=O)c2ccccc2C1=O.